The number of nitriles is 2. The molecule has 1 amide bonds. The van der Waals surface area contributed by atoms with Crippen LogP contribution in [0.25, 0.3) is 10.8 Å². The third-order valence-electron chi connectivity index (χ3n) is 10.3. The van der Waals surface area contributed by atoms with Crippen molar-refractivity contribution in [1.82, 2.24) is 14.8 Å². The van der Waals surface area contributed by atoms with E-state index in [0.717, 1.165) is 55.3 Å². The van der Waals surface area contributed by atoms with E-state index in [1.165, 1.54) is 34.5 Å². The fourth-order valence-electron chi connectivity index (χ4n) is 8.08. The van der Waals surface area contributed by atoms with Crippen LogP contribution in [0.1, 0.15) is 41.6 Å². The number of aryl methyl sites for hydroxylation is 1. The molecule has 0 radical (unpaired) electrons. The number of rotatable bonds is 7. The topological polar surface area (TPSA) is 99.7 Å². The van der Waals surface area contributed by atoms with Crippen LogP contribution >= 0.6 is 0 Å². The molecule has 2 unspecified atom stereocenters. The molecule has 0 spiro atoms. The maximum Gasteiger partial charge on any atom is 0.246 e. The van der Waals surface area contributed by atoms with Gasteiger partial charge >= 0.3 is 0 Å². The lowest BCUT2D eigenvalue weighted by molar-refractivity contribution is -0.128. The Hall–Kier alpha value is -4.60. The molecule has 45 heavy (non-hydrogen) atoms. The predicted molar refractivity (Wildman–Crippen MR) is 174 cm³/mol. The highest BCUT2D eigenvalue weighted by molar-refractivity contribution is 5.97. The van der Waals surface area contributed by atoms with Gasteiger partial charge in [-0.15, -0.1) is 0 Å². The molecule has 4 aliphatic heterocycles. The van der Waals surface area contributed by atoms with Crippen LogP contribution in [0, 0.1) is 35.5 Å². The summed E-state index contributed by atoms with van der Waals surface area (Å²) in [6.07, 6.45) is 4.64. The minimum absolute atomic E-state index is 0.168. The van der Waals surface area contributed by atoms with Gasteiger partial charge in [-0.3, -0.25) is 9.69 Å². The molecular formula is C36H39N7O2. The Morgan fingerprint density at radius 2 is 1.93 bits per heavy atom. The van der Waals surface area contributed by atoms with Crippen molar-refractivity contribution in [2.75, 3.05) is 55.7 Å². The molecule has 1 aromatic heterocycles. The van der Waals surface area contributed by atoms with Gasteiger partial charge in [0.25, 0.3) is 0 Å². The minimum atomic E-state index is -0.297. The zero-order valence-electron chi connectivity index (χ0n) is 25.9. The summed E-state index contributed by atoms with van der Waals surface area (Å²) in [6.45, 7) is 11.4. The molecule has 9 heteroatoms. The summed E-state index contributed by atoms with van der Waals surface area (Å²) in [5.41, 5.74) is 5.73. The van der Waals surface area contributed by atoms with E-state index in [9.17, 15) is 15.3 Å². The molecule has 0 aliphatic carbocycles. The summed E-state index contributed by atoms with van der Waals surface area (Å²) in [5.74, 6) is 0.969. The molecule has 0 saturated carbocycles. The summed E-state index contributed by atoms with van der Waals surface area (Å²) in [5, 5.41) is 22.7. The van der Waals surface area contributed by atoms with Crippen molar-refractivity contribution in [3.63, 3.8) is 0 Å². The number of carbonyl (C=O) groups is 1. The Balaban J connectivity index is 1.27. The number of piperazine rings is 1. The van der Waals surface area contributed by atoms with E-state index in [-0.39, 0.29) is 18.4 Å². The Kier molecular flexibility index (Phi) is 7.81. The Bertz CT molecular complexity index is 1730. The number of ether oxygens (including phenoxy) is 1. The fourth-order valence-corrected chi connectivity index (χ4v) is 8.08. The van der Waals surface area contributed by atoms with E-state index in [2.05, 4.69) is 76.7 Å². The molecule has 3 fully saturated rings. The number of nitrogens with zero attached hydrogens (tertiary/aromatic N) is 7. The van der Waals surface area contributed by atoms with E-state index in [0.29, 0.717) is 50.3 Å². The van der Waals surface area contributed by atoms with Gasteiger partial charge < -0.3 is 19.4 Å². The molecule has 3 saturated heterocycles. The minimum Gasteiger partial charge on any atom is -0.475 e. The van der Waals surface area contributed by atoms with Gasteiger partial charge in [0.2, 0.25) is 11.8 Å². The van der Waals surface area contributed by atoms with Crippen molar-refractivity contribution in [2.45, 2.75) is 51.2 Å². The monoisotopic (exact) mass is 601 g/mol. The van der Waals surface area contributed by atoms with Gasteiger partial charge in [-0.2, -0.15) is 10.5 Å². The highest BCUT2D eigenvalue weighted by Gasteiger charge is 2.39. The zero-order chi connectivity index (χ0) is 31.1. The summed E-state index contributed by atoms with van der Waals surface area (Å²) >= 11 is 0. The molecule has 2 aromatic carbocycles. The first-order chi connectivity index (χ1) is 22.0. The quantitative estimate of drug-likeness (QED) is 0.364. The maximum absolute atomic E-state index is 12.6. The smallest absolute Gasteiger partial charge is 0.246 e. The normalized spacial score (nSPS) is 23.8. The number of aromatic nitrogens is 1. The summed E-state index contributed by atoms with van der Waals surface area (Å²) in [6, 6.07) is 17.7. The van der Waals surface area contributed by atoms with Crippen LogP contribution in [0.5, 0.6) is 5.88 Å². The first kappa shape index (κ1) is 29.1. The number of amides is 1. The van der Waals surface area contributed by atoms with Crippen molar-refractivity contribution < 1.29 is 9.53 Å². The largest absolute Gasteiger partial charge is 0.475 e. The predicted octanol–water partition coefficient (Wildman–Crippen LogP) is 4.57. The van der Waals surface area contributed by atoms with Gasteiger partial charge in [0, 0.05) is 55.4 Å². The first-order valence-electron chi connectivity index (χ1n) is 16.1. The molecular weight excluding hydrogens is 562 g/mol. The van der Waals surface area contributed by atoms with Crippen molar-refractivity contribution in [3.8, 4) is 18.0 Å². The zero-order valence-corrected chi connectivity index (χ0v) is 25.9. The SMILES string of the molecule is C=CC(=O)N1CCN(c2c(C#N)c(OC[C@@H]3CC4CCN3C4)nc3c2CCN(c2cccc4cccc(C)c24)C3)C[C@@H]1CC#N. The van der Waals surface area contributed by atoms with Crippen LogP contribution in [-0.2, 0) is 17.8 Å². The molecule has 230 valence electrons. The Morgan fingerprint density at radius 3 is 2.67 bits per heavy atom. The second-order valence-corrected chi connectivity index (χ2v) is 12.8. The molecule has 3 aromatic rings. The van der Waals surface area contributed by atoms with E-state index in [1.54, 1.807) is 4.90 Å². The summed E-state index contributed by atoms with van der Waals surface area (Å²) < 4.78 is 6.49. The van der Waals surface area contributed by atoms with Gasteiger partial charge in [0.05, 0.1) is 36.5 Å². The average molecular weight is 602 g/mol. The molecule has 7 rings (SSSR count). The number of benzene rings is 2. The Morgan fingerprint density at radius 1 is 1.09 bits per heavy atom. The number of hydrogen-bond acceptors (Lipinski definition) is 8. The van der Waals surface area contributed by atoms with Gasteiger partial charge in [0.15, 0.2) is 0 Å². The van der Waals surface area contributed by atoms with Gasteiger partial charge in [-0.1, -0.05) is 36.9 Å². The van der Waals surface area contributed by atoms with Crippen LogP contribution in [0.4, 0.5) is 11.4 Å². The van der Waals surface area contributed by atoms with Gasteiger partial charge in [-0.25, -0.2) is 4.98 Å². The van der Waals surface area contributed by atoms with Crippen LogP contribution < -0.4 is 14.5 Å². The standard InChI is InChI=1S/C36H39N7O2/c1-3-33(44)43-17-16-42(21-27(43)10-13-37)35-29-12-15-41(32-9-5-8-26-7-4-6-24(2)34(26)32)22-31(29)39-36(30(35)19-38)45-23-28-18-25-11-14-40(28)20-25/h3-9,25,27-28H,1,10-12,14-18,20-23H2,2H3/t25?,27-,28-/m0/s1. The molecule has 2 bridgehead atoms. The number of carbonyl (C=O) groups excluding carboxylic acids is 1. The number of anilines is 2. The van der Waals surface area contributed by atoms with Crippen LogP contribution in [0.3, 0.4) is 0 Å². The van der Waals surface area contributed by atoms with Crippen LogP contribution in [0.2, 0.25) is 0 Å². The fraction of sp³-hybridized carbons (Fsp3) is 0.444. The number of hydrogen-bond donors (Lipinski definition) is 0. The number of piperidine rings is 1. The molecule has 0 N–H and O–H groups in total. The van der Waals surface area contributed by atoms with E-state index in [1.807, 2.05) is 0 Å². The van der Waals surface area contributed by atoms with E-state index >= 15 is 0 Å². The first-order valence-corrected chi connectivity index (χ1v) is 16.1. The van der Waals surface area contributed by atoms with E-state index < -0.39 is 0 Å². The lowest BCUT2D eigenvalue weighted by atomic mass is 9.95. The maximum atomic E-state index is 12.6. The second-order valence-electron chi connectivity index (χ2n) is 12.8. The van der Waals surface area contributed by atoms with Gasteiger partial charge in [-0.05, 0) is 61.7 Å². The van der Waals surface area contributed by atoms with Crippen molar-refractivity contribution in [1.29, 1.82) is 10.5 Å². The third kappa shape index (κ3) is 5.26. The second kappa shape index (κ2) is 12.1. The summed E-state index contributed by atoms with van der Waals surface area (Å²) in [7, 11) is 0. The molecule has 5 heterocycles. The van der Waals surface area contributed by atoms with Crippen molar-refractivity contribution in [3.05, 3.63) is 71.4 Å². The molecule has 9 nitrogen and oxygen atoms in total. The Labute approximate surface area is 264 Å². The number of fused-ring (bicyclic) bond motifs is 4. The van der Waals surface area contributed by atoms with E-state index in [4.69, 9.17) is 9.72 Å². The lowest BCUT2D eigenvalue weighted by Gasteiger charge is -2.43. The van der Waals surface area contributed by atoms with Crippen molar-refractivity contribution >= 4 is 28.1 Å². The number of pyridine rings is 1. The van der Waals surface area contributed by atoms with Crippen molar-refractivity contribution in [2.24, 2.45) is 5.92 Å². The average Bonchev–Trinajstić information content (AvgIpc) is 3.70. The molecule has 4 aliphatic rings. The highest BCUT2D eigenvalue weighted by Crippen LogP contribution is 2.40. The molecule has 4 atom stereocenters. The van der Waals surface area contributed by atoms with Gasteiger partial charge in [0.1, 0.15) is 18.2 Å². The highest BCUT2D eigenvalue weighted by atomic mass is 16.5. The third-order valence-corrected chi connectivity index (χ3v) is 10.3. The summed E-state index contributed by atoms with van der Waals surface area (Å²) in [4.78, 5) is 26.6. The lowest BCUT2D eigenvalue weighted by Crippen LogP contribution is -2.55. The van der Waals surface area contributed by atoms with Crippen LogP contribution in [0.15, 0.2) is 49.1 Å². The van der Waals surface area contributed by atoms with Crippen LogP contribution in [-0.4, -0.2) is 78.7 Å².